The number of fused-ring (bicyclic) bond motifs is 4. The Kier molecular flexibility index (Phi) is 3.88. The Hall–Kier alpha value is -2.14. The lowest BCUT2D eigenvalue weighted by molar-refractivity contribution is 0.180. The summed E-state index contributed by atoms with van der Waals surface area (Å²) in [4.78, 5) is 14.4. The van der Waals surface area contributed by atoms with Gasteiger partial charge in [0.05, 0.1) is 0 Å². The van der Waals surface area contributed by atoms with Crippen molar-refractivity contribution in [2.24, 2.45) is 5.92 Å². The van der Waals surface area contributed by atoms with Gasteiger partial charge in [-0.15, -0.1) is 0 Å². The second-order valence-electron chi connectivity index (χ2n) is 6.90. The lowest BCUT2D eigenvalue weighted by Gasteiger charge is -2.43. The van der Waals surface area contributed by atoms with Crippen LogP contribution in [0.3, 0.4) is 0 Å². The minimum atomic E-state index is 0.121. The summed E-state index contributed by atoms with van der Waals surface area (Å²) >= 11 is 5.65. The quantitative estimate of drug-likeness (QED) is 0.811. The van der Waals surface area contributed by atoms with Crippen LogP contribution in [-0.2, 0) is 6.54 Å². The maximum atomic E-state index is 12.1. The van der Waals surface area contributed by atoms with E-state index in [1.54, 1.807) is 6.07 Å². The Labute approximate surface area is 147 Å². The summed E-state index contributed by atoms with van der Waals surface area (Å²) < 4.78 is 1.95. The van der Waals surface area contributed by atoms with Crippen molar-refractivity contribution in [3.05, 3.63) is 64.1 Å². The zero-order valence-corrected chi connectivity index (χ0v) is 14.6. The van der Waals surface area contributed by atoms with Crippen LogP contribution >= 0.6 is 12.2 Å². The van der Waals surface area contributed by atoms with Crippen LogP contribution in [0.2, 0.25) is 0 Å². The lowest BCUT2D eigenvalue weighted by atomic mass is 9.83. The molecular weight excluding hydrogens is 318 g/mol. The molecule has 2 bridgehead atoms. The van der Waals surface area contributed by atoms with Crippen molar-refractivity contribution in [1.82, 2.24) is 9.47 Å². The summed E-state index contributed by atoms with van der Waals surface area (Å²) in [7, 11) is 0. The van der Waals surface area contributed by atoms with Crippen LogP contribution < -0.4 is 10.9 Å². The monoisotopic (exact) mass is 339 g/mol. The average molecular weight is 339 g/mol. The number of hydrogen-bond acceptors (Lipinski definition) is 2. The fraction of sp³-hybridized carbons (Fsp3) is 0.368. The van der Waals surface area contributed by atoms with E-state index in [0.29, 0.717) is 11.8 Å². The van der Waals surface area contributed by atoms with Crippen molar-refractivity contribution in [2.75, 3.05) is 18.4 Å². The molecule has 124 valence electrons. The van der Waals surface area contributed by atoms with E-state index >= 15 is 0 Å². The molecule has 5 heteroatoms. The number of anilines is 1. The number of aromatic nitrogens is 1. The Balaban J connectivity index is 1.53. The van der Waals surface area contributed by atoms with Crippen LogP contribution in [0, 0.1) is 12.8 Å². The van der Waals surface area contributed by atoms with Gasteiger partial charge < -0.3 is 14.8 Å². The summed E-state index contributed by atoms with van der Waals surface area (Å²) in [6, 6.07) is 13.9. The van der Waals surface area contributed by atoms with Gasteiger partial charge in [-0.05, 0) is 55.2 Å². The average Bonchev–Trinajstić information content (AvgIpc) is 2.56. The fourth-order valence-corrected chi connectivity index (χ4v) is 4.25. The summed E-state index contributed by atoms with van der Waals surface area (Å²) in [6.07, 6.45) is 1.15. The van der Waals surface area contributed by atoms with Crippen LogP contribution in [0.25, 0.3) is 0 Å². The summed E-state index contributed by atoms with van der Waals surface area (Å²) in [5.74, 6) is 0.859. The molecule has 0 aliphatic carbocycles. The molecule has 1 aromatic carbocycles. The molecule has 4 nitrogen and oxygen atoms in total. The molecule has 2 atom stereocenters. The Morgan fingerprint density at radius 2 is 2.00 bits per heavy atom. The highest BCUT2D eigenvalue weighted by Gasteiger charge is 2.35. The molecule has 3 heterocycles. The summed E-state index contributed by atoms with van der Waals surface area (Å²) in [5, 5.41) is 4.15. The minimum Gasteiger partial charge on any atom is -0.348 e. The van der Waals surface area contributed by atoms with E-state index in [2.05, 4.69) is 35.3 Å². The van der Waals surface area contributed by atoms with Gasteiger partial charge >= 0.3 is 0 Å². The first-order chi connectivity index (χ1) is 11.6. The number of nitrogens with zero attached hydrogens (tertiary/aromatic N) is 2. The maximum Gasteiger partial charge on any atom is 0.250 e. The smallest absolute Gasteiger partial charge is 0.250 e. The predicted octanol–water partition coefficient (Wildman–Crippen LogP) is 2.97. The zero-order valence-electron chi connectivity index (χ0n) is 13.7. The number of benzene rings is 1. The van der Waals surface area contributed by atoms with Crippen molar-refractivity contribution >= 4 is 23.0 Å². The van der Waals surface area contributed by atoms with Crippen LogP contribution in [-0.4, -0.2) is 27.7 Å². The first-order valence-corrected chi connectivity index (χ1v) is 8.83. The third kappa shape index (κ3) is 2.84. The van der Waals surface area contributed by atoms with Gasteiger partial charge in [0.2, 0.25) is 0 Å². The van der Waals surface area contributed by atoms with Gasteiger partial charge in [0.1, 0.15) is 0 Å². The second kappa shape index (κ2) is 6.06. The highest BCUT2D eigenvalue weighted by molar-refractivity contribution is 7.80. The van der Waals surface area contributed by atoms with E-state index in [-0.39, 0.29) is 5.56 Å². The summed E-state index contributed by atoms with van der Waals surface area (Å²) in [6.45, 7) is 4.66. The first-order valence-electron chi connectivity index (χ1n) is 8.42. The molecule has 1 saturated heterocycles. The van der Waals surface area contributed by atoms with Gasteiger partial charge in [-0.2, -0.15) is 0 Å². The third-order valence-electron chi connectivity index (χ3n) is 5.04. The van der Waals surface area contributed by atoms with Crippen LogP contribution in [0.4, 0.5) is 5.69 Å². The number of thiocarbonyl (C=S) groups is 1. The maximum absolute atomic E-state index is 12.1. The van der Waals surface area contributed by atoms with Crippen molar-refractivity contribution < 1.29 is 0 Å². The van der Waals surface area contributed by atoms with E-state index in [9.17, 15) is 4.79 Å². The highest BCUT2D eigenvalue weighted by Crippen LogP contribution is 2.35. The molecule has 0 amide bonds. The number of likely N-dealkylation sites (tertiary alicyclic amines) is 1. The topological polar surface area (TPSA) is 37.3 Å². The van der Waals surface area contributed by atoms with Gasteiger partial charge in [0, 0.05) is 43.0 Å². The highest BCUT2D eigenvalue weighted by atomic mass is 32.1. The van der Waals surface area contributed by atoms with Crippen LogP contribution in [0.15, 0.2) is 47.3 Å². The van der Waals surface area contributed by atoms with Gasteiger partial charge in [-0.3, -0.25) is 4.79 Å². The molecule has 2 aliphatic rings. The van der Waals surface area contributed by atoms with E-state index in [4.69, 9.17) is 12.2 Å². The largest absolute Gasteiger partial charge is 0.348 e. The number of piperidine rings is 1. The molecule has 4 rings (SSSR count). The van der Waals surface area contributed by atoms with Crippen molar-refractivity contribution in [1.29, 1.82) is 0 Å². The summed E-state index contributed by atoms with van der Waals surface area (Å²) in [5.41, 5.74) is 3.52. The van der Waals surface area contributed by atoms with E-state index in [1.807, 2.05) is 22.8 Å². The SMILES string of the molecule is Cc1cccc(NC(=S)N2C[C@@H]3C[C@@H](C2)c2cccc(=O)n2C3)c1. The predicted molar refractivity (Wildman–Crippen MR) is 101 cm³/mol. The van der Waals surface area contributed by atoms with Crippen LogP contribution in [0.5, 0.6) is 0 Å². The Morgan fingerprint density at radius 1 is 1.17 bits per heavy atom. The molecule has 0 saturated carbocycles. The zero-order chi connectivity index (χ0) is 16.7. The fourth-order valence-electron chi connectivity index (χ4n) is 3.99. The van der Waals surface area contributed by atoms with Gasteiger partial charge in [0.15, 0.2) is 5.11 Å². The van der Waals surface area contributed by atoms with E-state index in [0.717, 1.165) is 42.5 Å². The minimum absolute atomic E-state index is 0.121. The van der Waals surface area contributed by atoms with Gasteiger partial charge in [0.25, 0.3) is 5.56 Å². The molecule has 1 N–H and O–H groups in total. The molecular formula is C19H21N3OS. The second-order valence-corrected chi connectivity index (χ2v) is 7.29. The molecule has 0 radical (unpaired) electrons. The Bertz CT molecular complexity index is 845. The van der Waals surface area contributed by atoms with Crippen molar-refractivity contribution in [3.8, 4) is 0 Å². The molecule has 1 aromatic heterocycles. The Morgan fingerprint density at radius 3 is 2.83 bits per heavy atom. The van der Waals surface area contributed by atoms with Crippen LogP contribution in [0.1, 0.15) is 23.6 Å². The lowest BCUT2D eigenvalue weighted by Crippen LogP contribution is -2.50. The molecule has 0 spiro atoms. The number of hydrogen-bond donors (Lipinski definition) is 1. The standard InChI is InChI=1S/C19H21N3OS/c1-13-4-2-5-16(8-13)20-19(24)21-10-14-9-15(12-21)17-6-3-7-18(23)22(17)11-14/h2-8,14-15H,9-12H2,1H3,(H,20,24)/t14-,15-/m0/s1. The van der Waals surface area contributed by atoms with E-state index < -0.39 is 0 Å². The number of rotatable bonds is 1. The normalized spacial score (nSPS) is 22.0. The number of nitrogens with one attached hydrogen (secondary N) is 1. The molecule has 1 fully saturated rings. The molecule has 2 aliphatic heterocycles. The van der Waals surface area contributed by atoms with Crippen molar-refractivity contribution in [3.63, 3.8) is 0 Å². The molecule has 0 unspecified atom stereocenters. The third-order valence-corrected chi connectivity index (χ3v) is 5.40. The number of pyridine rings is 1. The molecule has 2 aromatic rings. The first kappa shape index (κ1) is 15.4. The molecule has 24 heavy (non-hydrogen) atoms. The number of aryl methyl sites for hydroxylation is 1. The van der Waals surface area contributed by atoms with Crippen molar-refractivity contribution in [2.45, 2.75) is 25.8 Å². The van der Waals surface area contributed by atoms with Gasteiger partial charge in [-0.25, -0.2) is 0 Å². The van der Waals surface area contributed by atoms with E-state index in [1.165, 1.54) is 5.56 Å². The van der Waals surface area contributed by atoms with Gasteiger partial charge in [-0.1, -0.05) is 18.2 Å².